The van der Waals surface area contributed by atoms with Crippen molar-refractivity contribution in [2.24, 2.45) is 0 Å². The first-order chi connectivity index (χ1) is 6.07. The van der Waals surface area contributed by atoms with Crippen LogP contribution in [0.3, 0.4) is 0 Å². The Morgan fingerprint density at radius 1 is 1.15 bits per heavy atom. The van der Waals surface area contributed by atoms with Gasteiger partial charge in [0.05, 0.1) is 6.61 Å². The summed E-state index contributed by atoms with van der Waals surface area (Å²) in [5.41, 5.74) is 5.04. The fraction of sp³-hybridized carbons (Fsp3) is 0.417. The van der Waals surface area contributed by atoms with Gasteiger partial charge in [-0.3, -0.25) is 0 Å². The van der Waals surface area contributed by atoms with Crippen LogP contribution in [0.5, 0.6) is 0 Å². The summed E-state index contributed by atoms with van der Waals surface area (Å²) in [5, 5.41) is 9.09. The first kappa shape index (κ1) is 10.3. The molecular weight excluding hydrogens is 160 g/mol. The molecule has 1 aromatic rings. The second-order valence-electron chi connectivity index (χ2n) is 3.64. The molecular formula is C12H17O. The SMILES string of the molecule is C[C](CO)c1c(C)ccc(C)c1C. The van der Waals surface area contributed by atoms with Gasteiger partial charge in [-0.2, -0.15) is 0 Å². The van der Waals surface area contributed by atoms with Crippen LogP contribution in [0.1, 0.15) is 29.2 Å². The Morgan fingerprint density at radius 2 is 1.69 bits per heavy atom. The molecule has 0 saturated heterocycles. The van der Waals surface area contributed by atoms with Crippen molar-refractivity contribution in [3.63, 3.8) is 0 Å². The molecule has 0 bridgehead atoms. The zero-order chi connectivity index (χ0) is 10.0. The van der Waals surface area contributed by atoms with Crippen molar-refractivity contribution in [1.29, 1.82) is 0 Å². The van der Waals surface area contributed by atoms with E-state index in [1.165, 1.54) is 22.3 Å². The second kappa shape index (κ2) is 3.93. The van der Waals surface area contributed by atoms with Crippen molar-refractivity contribution >= 4 is 0 Å². The number of benzene rings is 1. The Hall–Kier alpha value is -0.820. The van der Waals surface area contributed by atoms with Gasteiger partial charge >= 0.3 is 0 Å². The molecule has 0 amide bonds. The summed E-state index contributed by atoms with van der Waals surface area (Å²) in [5.74, 6) is 1.05. The van der Waals surface area contributed by atoms with E-state index in [2.05, 4.69) is 32.9 Å². The van der Waals surface area contributed by atoms with E-state index in [1.807, 2.05) is 6.92 Å². The first-order valence-electron chi connectivity index (χ1n) is 4.58. The van der Waals surface area contributed by atoms with Gasteiger partial charge in [0, 0.05) is 5.92 Å². The Morgan fingerprint density at radius 3 is 2.23 bits per heavy atom. The van der Waals surface area contributed by atoms with Crippen LogP contribution in [0.15, 0.2) is 12.1 Å². The first-order valence-corrected chi connectivity index (χ1v) is 4.58. The van der Waals surface area contributed by atoms with Gasteiger partial charge in [-0.05, 0) is 43.0 Å². The Kier molecular flexibility index (Phi) is 3.10. The van der Waals surface area contributed by atoms with E-state index in [9.17, 15) is 0 Å². The Labute approximate surface area is 80.4 Å². The van der Waals surface area contributed by atoms with Gasteiger partial charge in [0.25, 0.3) is 0 Å². The molecule has 1 N–H and O–H groups in total. The molecule has 0 aliphatic carbocycles. The van der Waals surface area contributed by atoms with Crippen LogP contribution in [0.25, 0.3) is 0 Å². The van der Waals surface area contributed by atoms with E-state index in [4.69, 9.17) is 5.11 Å². The van der Waals surface area contributed by atoms with Crippen LogP contribution in [0.2, 0.25) is 0 Å². The van der Waals surface area contributed by atoms with Crippen molar-refractivity contribution in [2.45, 2.75) is 27.7 Å². The lowest BCUT2D eigenvalue weighted by Gasteiger charge is -2.16. The average Bonchev–Trinajstić information content (AvgIpc) is 2.12. The molecule has 0 atom stereocenters. The standard InChI is InChI=1S/C12H17O/c1-8-5-6-9(2)12(11(8)4)10(3)7-13/h5-6,13H,7H2,1-4H3. The summed E-state index contributed by atoms with van der Waals surface area (Å²) in [4.78, 5) is 0. The molecule has 13 heavy (non-hydrogen) atoms. The Balaban J connectivity index is 3.25. The van der Waals surface area contributed by atoms with Crippen molar-refractivity contribution < 1.29 is 5.11 Å². The Bertz CT molecular complexity index is 302. The molecule has 0 aliphatic rings. The van der Waals surface area contributed by atoms with Gasteiger partial charge in [0.1, 0.15) is 0 Å². The quantitative estimate of drug-likeness (QED) is 0.736. The average molecular weight is 177 g/mol. The van der Waals surface area contributed by atoms with Crippen LogP contribution >= 0.6 is 0 Å². The molecule has 1 nitrogen and oxygen atoms in total. The molecule has 0 spiro atoms. The number of aliphatic hydroxyl groups excluding tert-OH is 1. The van der Waals surface area contributed by atoms with Crippen LogP contribution in [0.4, 0.5) is 0 Å². The number of hydrogen-bond acceptors (Lipinski definition) is 1. The summed E-state index contributed by atoms with van der Waals surface area (Å²) in [6.07, 6.45) is 0. The van der Waals surface area contributed by atoms with Crippen LogP contribution in [-0.4, -0.2) is 11.7 Å². The van der Waals surface area contributed by atoms with Crippen LogP contribution < -0.4 is 0 Å². The predicted molar refractivity (Wildman–Crippen MR) is 55.8 cm³/mol. The third-order valence-corrected chi connectivity index (χ3v) is 2.61. The molecule has 1 radical (unpaired) electrons. The lowest BCUT2D eigenvalue weighted by Crippen LogP contribution is -2.06. The van der Waals surface area contributed by atoms with E-state index in [0.717, 1.165) is 5.92 Å². The minimum absolute atomic E-state index is 0.144. The maximum Gasteiger partial charge on any atom is 0.0534 e. The van der Waals surface area contributed by atoms with Crippen LogP contribution in [-0.2, 0) is 0 Å². The fourth-order valence-electron chi connectivity index (χ4n) is 1.69. The zero-order valence-electron chi connectivity index (χ0n) is 8.81. The molecule has 0 aromatic heterocycles. The molecule has 1 heteroatoms. The maximum atomic E-state index is 9.09. The molecule has 0 unspecified atom stereocenters. The molecule has 0 aliphatic heterocycles. The lowest BCUT2D eigenvalue weighted by atomic mass is 9.90. The fourth-order valence-corrected chi connectivity index (χ4v) is 1.69. The van der Waals surface area contributed by atoms with E-state index in [-0.39, 0.29) is 6.61 Å². The highest BCUT2D eigenvalue weighted by Crippen LogP contribution is 2.24. The third kappa shape index (κ3) is 1.92. The predicted octanol–water partition coefficient (Wildman–Crippen LogP) is 2.55. The molecule has 0 saturated carbocycles. The minimum atomic E-state index is 0.144. The minimum Gasteiger partial charge on any atom is -0.395 e. The maximum absolute atomic E-state index is 9.09. The van der Waals surface area contributed by atoms with Crippen LogP contribution in [0, 0.1) is 26.7 Å². The highest BCUT2D eigenvalue weighted by atomic mass is 16.3. The summed E-state index contributed by atoms with van der Waals surface area (Å²) < 4.78 is 0. The molecule has 1 rings (SSSR count). The zero-order valence-corrected chi connectivity index (χ0v) is 8.81. The topological polar surface area (TPSA) is 20.2 Å². The van der Waals surface area contributed by atoms with Gasteiger partial charge in [-0.25, -0.2) is 0 Å². The van der Waals surface area contributed by atoms with Crippen molar-refractivity contribution in [3.05, 3.63) is 40.3 Å². The monoisotopic (exact) mass is 177 g/mol. The summed E-state index contributed by atoms with van der Waals surface area (Å²) in [6, 6.07) is 4.23. The third-order valence-electron chi connectivity index (χ3n) is 2.61. The number of hydrogen-bond donors (Lipinski definition) is 1. The smallest absolute Gasteiger partial charge is 0.0534 e. The van der Waals surface area contributed by atoms with Gasteiger partial charge in [0.15, 0.2) is 0 Å². The largest absolute Gasteiger partial charge is 0.395 e. The van der Waals surface area contributed by atoms with Crippen molar-refractivity contribution in [3.8, 4) is 0 Å². The lowest BCUT2D eigenvalue weighted by molar-refractivity contribution is 0.314. The van der Waals surface area contributed by atoms with Gasteiger partial charge in [-0.1, -0.05) is 19.1 Å². The summed E-state index contributed by atoms with van der Waals surface area (Å²) in [6.45, 7) is 8.42. The normalized spacial score (nSPS) is 10.9. The highest BCUT2D eigenvalue weighted by Gasteiger charge is 2.11. The molecule has 0 heterocycles. The number of rotatable bonds is 2. The summed E-state index contributed by atoms with van der Waals surface area (Å²) >= 11 is 0. The summed E-state index contributed by atoms with van der Waals surface area (Å²) in [7, 11) is 0. The molecule has 1 aromatic carbocycles. The van der Waals surface area contributed by atoms with Gasteiger partial charge in [0.2, 0.25) is 0 Å². The van der Waals surface area contributed by atoms with E-state index in [0.29, 0.717) is 0 Å². The van der Waals surface area contributed by atoms with E-state index >= 15 is 0 Å². The molecule has 71 valence electrons. The van der Waals surface area contributed by atoms with Gasteiger partial charge < -0.3 is 5.11 Å². The van der Waals surface area contributed by atoms with E-state index < -0.39 is 0 Å². The molecule has 0 fully saturated rings. The van der Waals surface area contributed by atoms with Crippen molar-refractivity contribution in [2.75, 3.05) is 6.61 Å². The van der Waals surface area contributed by atoms with Gasteiger partial charge in [-0.15, -0.1) is 0 Å². The van der Waals surface area contributed by atoms with Crippen molar-refractivity contribution in [1.82, 2.24) is 0 Å². The number of aryl methyl sites for hydroxylation is 2. The highest BCUT2D eigenvalue weighted by molar-refractivity contribution is 5.46. The van der Waals surface area contributed by atoms with E-state index in [1.54, 1.807) is 0 Å². The number of aliphatic hydroxyl groups is 1. The second-order valence-corrected chi connectivity index (χ2v) is 3.64.